The van der Waals surface area contributed by atoms with Crippen LogP contribution in [0.25, 0.3) is 0 Å². The number of rotatable bonds is 6. The van der Waals surface area contributed by atoms with Crippen molar-refractivity contribution < 1.29 is 13.2 Å². The number of halogens is 1. The van der Waals surface area contributed by atoms with Crippen LogP contribution in [0.15, 0.2) is 78.0 Å². The molecule has 1 amide bonds. The van der Waals surface area contributed by atoms with E-state index in [1.54, 1.807) is 48.5 Å². The molecule has 0 aliphatic rings. The fraction of sp³-hybridized carbons (Fsp3) is 0.100. The molecule has 144 valence electrons. The fourth-order valence-corrected chi connectivity index (χ4v) is 4.03. The Labute approximate surface area is 168 Å². The first-order valence-corrected chi connectivity index (χ1v) is 10.2. The summed E-state index contributed by atoms with van der Waals surface area (Å²) >= 11 is 5.85. The quantitative estimate of drug-likeness (QED) is 0.662. The number of nitrogens with one attached hydrogen (secondary N) is 1. The maximum absolute atomic E-state index is 13.1. The van der Waals surface area contributed by atoms with Crippen molar-refractivity contribution in [2.75, 3.05) is 16.2 Å². The maximum Gasteiger partial charge on any atom is 0.266 e. The predicted molar refractivity (Wildman–Crippen MR) is 110 cm³/mol. The van der Waals surface area contributed by atoms with Crippen molar-refractivity contribution in [3.63, 3.8) is 0 Å². The standard InChI is InChI=1S/C20H18ClN3O3S/c1-15-4-10-18(11-5-15)24(28(26,27)19-3-2-12-22-13-19)14-20(25)23-17-8-6-16(21)7-9-17/h2-13H,14H2,1H3,(H,23,25). The van der Waals surface area contributed by atoms with Crippen molar-refractivity contribution in [1.29, 1.82) is 0 Å². The molecule has 0 saturated heterocycles. The molecule has 0 aliphatic carbocycles. The largest absolute Gasteiger partial charge is 0.325 e. The highest BCUT2D eigenvalue weighted by Crippen LogP contribution is 2.24. The molecule has 0 bridgehead atoms. The van der Waals surface area contributed by atoms with Gasteiger partial charge >= 0.3 is 0 Å². The lowest BCUT2D eigenvalue weighted by Gasteiger charge is -2.24. The normalized spacial score (nSPS) is 11.1. The lowest BCUT2D eigenvalue weighted by atomic mass is 10.2. The molecule has 0 fully saturated rings. The highest BCUT2D eigenvalue weighted by molar-refractivity contribution is 7.92. The summed E-state index contributed by atoms with van der Waals surface area (Å²) in [6.45, 7) is 1.51. The number of amides is 1. The van der Waals surface area contributed by atoms with Gasteiger partial charge in [0.2, 0.25) is 5.91 Å². The highest BCUT2D eigenvalue weighted by atomic mass is 35.5. The van der Waals surface area contributed by atoms with Gasteiger partial charge in [0.15, 0.2) is 0 Å². The van der Waals surface area contributed by atoms with Gasteiger partial charge in [0, 0.05) is 23.1 Å². The van der Waals surface area contributed by atoms with E-state index in [-0.39, 0.29) is 11.4 Å². The number of benzene rings is 2. The van der Waals surface area contributed by atoms with Gasteiger partial charge in [-0.2, -0.15) is 0 Å². The molecule has 0 atom stereocenters. The lowest BCUT2D eigenvalue weighted by molar-refractivity contribution is -0.114. The summed E-state index contributed by atoms with van der Waals surface area (Å²) in [6, 6.07) is 16.5. The Balaban J connectivity index is 1.91. The third-order valence-electron chi connectivity index (χ3n) is 3.96. The second-order valence-electron chi connectivity index (χ2n) is 6.09. The minimum atomic E-state index is -3.97. The smallest absolute Gasteiger partial charge is 0.266 e. The zero-order valence-corrected chi connectivity index (χ0v) is 16.6. The van der Waals surface area contributed by atoms with Gasteiger partial charge in [-0.05, 0) is 55.5 Å². The Bertz CT molecular complexity index is 1050. The summed E-state index contributed by atoms with van der Waals surface area (Å²) in [5.41, 5.74) is 1.89. The summed E-state index contributed by atoms with van der Waals surface area (Å²) in [6.07, 6.45) is 2.75. The van der Waals surface area contributed by atoms with Gasteiger partial charge in [0.1, 0.15) is 11.4 Å². The van der Waals surface area contributed by atoms with E-state index in [4.69, 9.17) is 11.6 Å². The lowest BCUT2D eigenvalue weighted by Crippen LogP contribution is -2.38. The van der Waals surface area contributed by atoms with Crippen LogP contribution in [-0.4, -0.2) is 25.9 Å². The Hall–Kier alpha value is -2.90. The molecule has 0 radical (unpaired) electrons. The molecule has 6 nitrogen and oxygen atoms in total. The second kappa shape index (κ2) is 8.41. The number of nitrogens with zero attached hydrogens (tertiary/aromatic N) is 2. The summed E-state index contributed by atoms with van der Waals surface area (Å²) in [4.78, 5) is 16.4. The van der Waals surface area contributed by atoms with Crippen LogP contribution in [0.5, 0.6) is 0 Å². The average molecular weight is 416 g/mol. The van der Waals surface area contributed by atoms with Crippen molar-refractivity contribution in [3.8, 4) is 0 Å². The zero-order chi connectivity index (χ0) is 20.1. The molecule has 1 N–H and O–H groups in total. The molecule has 8 heteroatoms. The third-order valence-corrected chi connectivity index (χ3v) is 5.97. The van der Waals surface area contributed by atoms with Crippen LogP contribution >= 0.6 is 11.6 Å². The van der Waals surface area contributed by atoms with E-state index in [9.17, 15) is 13.2 Å². The first kappa shape index (κ1) is 19.9. The van der Waals surface area contributed by atoms with E-state index in [0.29, 0.717) is 16.4 Å². The topological polar surface area (TPSA) is 79.4 Å². The van der Waals surface area contributed by atoms with E-state index in [1.807, 2.05) is 6.92 Å². The van der Waals surface area contributed by atoms with Crippen molar-refractivity contribution in [2.24, 2.45) is 0 Å². The first-order valence-electron chi connectivity index (χ1n) is 8.41. The second-order valence-corrected chi connectivity index (χ2v) is 8.39. The summed E-state index contributed by atoms with van der Waals surface area (Å²) < 4.78 is 27.3. The van der Waals surface area contributed by atoms with Crippen molar-refractivity contribution in [3.05, 3.63) is 83.6 Å². The Morgan fingerprint density at radius 2 is 1.75 bits per heavy atom. The van der Waals surface area contributed by atoms with Crippen molar-refractivity contribution >= 4 is 38.9 Å². The summed E-state index contributed by atoms with van der Waals surface area (Å²) in [5, 5.41) is 3.23. The minimum absolute atomic E-state index is 0.00914. The highest BCUT2D eigenvalue weighted by Gasteiger charge is 2.27. The van der Waals surface area contributed by atoms with Crippen LogP contribution in [0.4, 0.5) is 11.4 Å². The molecule has 2 aromatic carbocycles. The molecule has 28 heavy (non-hydrogen) atoms. The van der Waals surface area contributed by atoms with Gasteiger partial charge in [-0.1, -0.05) is 29.3 Å². The average Bonchev–Trinajstić information content (AvgIpc) is 2.69. The fourth-order valence-electron chi connectivity index (χ4n) is 2.52. The molecule has 3 rings (SSSR count). The van der Waals surface area contributed by atoms with E-state index < -0.39 is 15.9 Å². The molecule has 0 aliphatic heterocycles. The maximum atomic E-state index is 13.1. The predicted octanol–water partition coefficient (Wildman–Crippen LogP) is 3.88. The molecular formula is C20H18ClN3O3S. The monoisotopic (exact) mass is 415 g/mol. The molecule has 0 unspecified atom stereocenters. The van der Waals surface area contributed by atoms with Gasteiger partial charge in [0.25, 0.3) is 10.0 Å². The van der Waals surface area contributed by atoms with Crippen molar-refractivity contribution in [1.82, 2.24) is 4.98 Å². The molecule has 0 saturated carbocycles. The molecule has 1 heterocycles. The van der Waals surface area contributed by atoms with Crippen LogP contribution in [0.2, 0.25) is 5.02 Å². The Morgan fingerprint density at radius 3 is 2.36 bits per heavy atom. The van der Waals surface area contributed by atoms with Gasteiger partial charge in [-0.25, -0.2) is 8.42 Å². The number of carbonyl (C=O) groups excluding carboxylic acids is 1. The number of pyridine rings is 1. The van der Waals surface area contributed by atoms with E-state index in [0.717, 1.165) is 9.87 Å². The molecule has 0 spiro atoms. The van der Waals surface area contributed by atoms with Gasteiger partial charge < -0.3 is 5.32 Å². The number of sulfonamides is 1. The minimum Gasteiger partial charge on any atom is -0.325 e. The number of carbonyl (C=O) groups is 1. The Morgan fingerprint density at radius 1 is 1.07 bits per heavy atom. The molecule has 1 aromatic heterocycles. The Kier molecular flexibility index (Phi) is 5.96. The van der Waals surface area contributed by atoms with Gasteiger partial charge in [-0.15, -0.1) is 0 Å². The first-order chi connectivity index (χ1) is 13.4. The van der Waals surface area contributed by atoms with Crippen LogP contribution in [-0.2, 0) is 14.8 Å². The third kappa shape index (κ3) is 4.68. The number of aryl methyl sites for hydroxylation is 1. The zero-order valence-electron chi connectivity index (χ0n) is 15.0. The van der Waals surface area contributed by atoms with Gasteiger partial charge in [0.05, 0.1) is 5.69 Å². The van der Waals surface area contributed by atoms with E-state index >= 15 is 0 Å². The number of hydrogen-bond donors (Lipinski definition) is 1. The number of anilines is 2. The van der Waals surface area contributed by atoms with Crippen LogP contribution in [0, 0.1) is 6.92 Å². The van der Waals surface area contributed by atoms with Crippen LogP contribution < -0.4 is 9.62 Å². The molecular weight excluding hydrogens is 398 g/mol. The number of aromatic nitrogens is 1. The summed E-state index contributed by atoms with van der Waals surface area (Å²) in [7, 11) is -3.97. The van der Waals surface area contributed by atoms with Gasteiger partial charge in [-0.3, -0.25) is 14.1 Å². The summed E-state index contributed by atoms with van der Waals surface area (Å²) in [5.74, 6) is -0.477. The van der Waals surface area contributed by atoms with Crippen LogP contribution in [0.3, 0.4) is 0 Å². The van der Waals surface area contributed by atoms with E-state index in [1.165, 1.54) is 24.5 Å². The molecule has 3 aromatic rings. The SMILES string of the molecule is Cc1ccc(N(CC(=O)Nc2ccc(Cl)cc2)S(=O)(=O)c2cccnc2)cc1. The van der Waals surface area contributed by atoms with Crippen LogP contribution in [0.1, 0.15) is 5.56 Å². The van der Waals surface area contributed by atoms with E-state index in [2.05, 4.69) is 10.3 Å². The van der Waals surface area contributed by atoms with Crippen molar-refractivity contribution in [2.45, 2.75) is 11.8 Å². The number of hydrogen-bond acceptors (Lipinski definition) is 4.